The van der Waals surface area contributed by atoms with Gasteiger partial charge in [0.25, 0.3) is 5.91 Å². The van der Waals surface area contributed by atoms with Crippen molar-refractivity contribution in [2.75, 3.05) is 19.6 Å². The summed E-state index contributed by atoms with van der Waals surface area (Å²) in [5.74, 6) is 0.201. The molecule has 1 saturated heterocycles. The minimum absolute atomic E-state index is 0.0718. The van der Waals surface area contributed by atoms with E-state index in [1.54, 1.807) is 36.3 Å². The van der Waals surface area contributed by atoms with Crippen LogP contribution in [0.25, 0.3) is 0 Å². The lowest BCUT2D eigenvalue weighted by Gasteiger charge is -2.31. The summed E-state index contributed by atoms with van der Waals surface area (Å²) in [7, 11) is 1.71. The Labute approximate surface area is 179 Å². The van der Waals surface area contributed by atoms with Crippen molar-refractivity contribution < 1.29 is 14.3 Å². The second-order valence-electron chi connectivity index (χ2n) is 7.27. The molecular formula is C20H23ClN6O3. The summed E-state index contributed by atoms with van der Waals surface area (Å²) in [6.45, 7) is 1.85. The number of aromatic nitrogens is 3. The Morgan fingerprint density at radius 2 is 2.10 bits per heavy atom. The highest BCUT2D eigenvalue weighted by atomic mass is 35.5. The van der Waals surface area contributed by atoms with Crippen molar-refractivity contribution in [3.63, 3.8) is 0 Å². The van der Waals surface area contributed by atoms with E-state index in [4.69, 9.17) is 21.6 Å². The van der Waals surface area contributed by atoms with Crippen LogP contribution in [0.3, 0.4) is 0 Å². The highest BCUT2D eigenvalue weighted by Gasteiger charge is 2.24. The Morgan fingerprint density at radius 3 is 2.77 bits per heavy atom. The van der Waals surface area contributed by atoms with Gasteiger partial charge in [-0.15, -0.1) is 5.10 Å². The van der Waals surface area contributed by atoms with Crippen LogP contribution in [0.2, 0.25) is 5.02 Å². The van der Waals surface area contributed by atoms with Crippen LogP contribution in [0.4, 0.5) is 4.79 Å². The van der Waals surface area contributed by atoms with E-state index < -0.39 is 0 Å². The molecule has 1 aliphatic heterocycles. The molecule has 10 heteroatoms. The molecule has 0 bridgehead atoms. The number of rotatable bonds is 6. The number of nitrogens with zero attached hydrogens (tertiary/aromatic N) is 5. The van der Waals surface area contributed by atoms with Gasteiger partial charge in [0.05, 0.1) is 17.8 Å². The number of carbonyl (C=O) groups is 2. The number of hydrogen-bond acceptors (Lipinski definition) is 6. The maximum absolute atomic E-state index is 12.3. The van der Waals surface area contributed by atoms with E-state index in [1.807, 2.05) is 6.07 Å². The molecule has 1 fully saturated rings. The van der Waals surface area contributed by atoms with Gasteiger partial charge in [0.15, 0.2) is 5.69 Å². The monoisotopic (exact) mass is 430 g/mol. The molecule has 0 aliphatic carbocycles. The van der Waals surface area contributed by atoms with Crippen LogP contribution in [-0.4, -0.2) is 51.5 Å². The van der Waals surface area contributed by atoms with Gasteiger partial charge in [0.2, 0.25) is 0 Å². The average Bonchev–Trinajstić information content (AvgIpc) is 3.18. The average molecular weight is 431 g/mol. The van der Waals surface area contributed by atoms with Crippen molar-refractivity contribution in [1.82, 2.24) is 25.2 Å². The number of benzene rings is 1. The van der Waals surface area contributed by atoms with Gasteiger partial charge in [-0.05, 0) is 48.9 Å². The number of ether oxygens (including phenoxy) is 1. The molecule has 30 heavy (non-hydrogen) atoms. The van der Waals surface area contributed by atoms with E-state index in [0.29, 0.717) is 47.4 Å². The molecule has 158 valence electrons. The van der Waals surface area contributed by atoms with E-state index in [0.717, 1.165) is 19.3 Å². The van der Waals surface area contributed by atoms with Crippen LogP contribution in [0, 0.1) is 17.2 Å². The zero-order valence-corrected chi connectivity index (χ0v) is 17.4. The van der Waals surface area contributed by atoms with Gasteiger partial charge in [0, 0.05) is 31.7 Å². The van der Waals surface area contributed by atoms with Gasteiger partial charge in [-0.2, -0.15) is 5.26 Å². The molecule has 0 saturated carbocycles. The van der Waals surface area contributed by atoms with E-state index >= 15 is 0 Å². The number of aryl methyl sites for hydroxylation is 1. The standard InChI is InChI=1S/C20H23ClN6O3/c1-26-12-18(24-25-26)19(28)23-5-2-14-3-6-27(7-4-14)20(29)30-13-16-8-15(11-22)9-17(21)10-16/h8-10,12,14H,2-7,13H2,1H3,(H,23,28). The maximum Gasteiger partial charge on any atom is 0.410 e. The first-order valence-corrected chi connectivity index (χ1v) is 10.1. The van der Waals surface area contributed by atoms with Crippen molar-refractivity contribution >= 4 is 23.6 Å². The topological polar surface area (TPSA) is 113 Å². The molecule has 1 N–H and O–H groups in total. The quantitative estimate of drug-likeness (QED) is 0.753. The van der Waals surface area contributed by atoms with Crippen molar-refractivity contribution in [1.29, 1.82) is 5.26 Å². The zero-order chi connectivity index (χ0) is 21.5. The second kappa shape index (κ2) is 10.1. The van der Waals surface area contributed by atoms with E-state index in [2.05, 4.69) is 15.6 Å². The summed E-state index contributed by atoms with van der Waals surface area (Å²) < 4.78 is 6.85. The first kappa shape index (κ1) is 21.6. The zero-order valence-electron chi connectivity index (χ0n) is 16.7. The molecule has 1 aromatic carbocycles. The van der Waals surface area contributed by atoms with Gasteiger partial charge >= 0.3 is 6.09 Å². The Balaban J connectivity index is 1.36. The molecular weight excluding hydrogens is 408 g/mol. The molecule has 0 unspecified atom stereocenters. The van der Waals surface area contributed by atoms with Crippen molar-refractivity contribution in [2.24, 2.45) is 13.0 Å². The summed E-state index contributed by atoms with van der Waals surface area (Å²) in [6, 6.07) is 6.92. The summed E-state index contributed by atoms with van der Waals surface area (Å²) >= 11 is 5.97. The number of nitrogens with one attached hydrogen (secondary N) is 1. The van der Waals surface area contributed by atoms with Crippen molar-refractivity contribution in [3.05, 3.63) is 46.2 Å². The summed E-state index contributed by atoms with van der Waals surface area (Å²) in [6.07, 6.45) is 3.75. The number of hydrogen-bond donors (Lipinski definition) is 1. The molecule has 0 radical (unpaired) electrons. The largest absolute Gasteiger partial charge is 0.445 e. The Bertz CT molecular complexity index is 946. The molecule has 2 aromatic rings. The van der Waals surface area contributed by atoms with Crippen LogP contribution in [0.15, 0.2) is 24.4 Å². The van der Waals surface area contributed by atoms with Crippen LogP contribution < -0.4 is 5.32 Å². The second-order valence-corrected chi connectivity index (χ2v) is 7.70. The molecule has 3 rings (SSSR count). The van der Waals surface area contributed by atoms with E-state index in [1.165, 1.54) is 4.68 Å². The Hall–Kier alpha value is -3.12. The van der Waals surface area contributed by atoms with E-state index in [-0.39, 0.29) is 18.6 Å². The van der Waals surface area contributed by atoms with Crippen LogP contribution in [0.5, 0.6) is 0 Å². The van der Waals surface area contributed by atoms with Gasteiger partial charge in [-0.25, -0.2) is 4.79 Å². The van der Waals surface area contributed by atoms with Gasteiger partial charge < -0.3 is 15.0 Å². The molecule has 1 aromatic heterocycles. The van der Waals surface area contributed by atoms with Gasteiger partial charge in [0.1, 0.15) is 6.61 Å². The van der Waals surface area contributed by atoms with Crippen LogP contribution in [-0.2, 0) is 18.4 Å². The summed E-state index contributed by atoms with van der Waals surface area (Å²) in [5, 5.41) is 19.8. The Kier molecular flexibility index (Phi) is 7.25. The predicted molar refractivity (Wildman–Crippen MR) is 109 cm³/mol. The molecule has 9 nitrogen and oxygen atoms in total. The third-order valence-corrected chi connectivity index (χ3v) is 5.21. The first-order valence-electron chi connectivity index (χ1n) is 9.70. The molecule has 2 heterocycles. The number of amides is 2. The normalized spacial score (nSPS) is 14.2. The minimum Gasteiger partial charge on any atom is -0.445 e. The third-order valence-electron chi connectivity index (χ3n) is 5.00. The van der Waals surface area contributed by atoms with Crippen molar-refractivity contribution in [2.45, 2.75) is 25.9 Å². The summed E-state index contributed by atoms with van der Waals surface area (Å²) in [5.41, 5.74) is 1.42. The lowest BCUT2D eigenvalue weighted by molar-refractivity contribution is 0.0813. The van der Waals surface area contributed by atoms with Gasteiger partial charge in [-0.1, -0.05) is 16.8 Å². The number of carbonyl (C=O) groups excluding carboxylic acids is 2. The lowest BCUT2D eigenvalue weighted by atomic mass is 9.94. The SMILES string of the molecule is Cn1cc(C(=O)NCCC2CCN(C(=O)OCc3cc(Cl)cc(C#N)c3)CC2)nn1. The molecule has 2 amide bonds. The molecule has 1 aliphatic rings. The number of piperidine rings is 1. The first-order chi connectivity index (χ1) is 14.4. The molecule has 0 spiro atoms. The predicted octanol–water partition coefficient (Wildman–Crippen LogP) is 2.51. The van der Waals surface area contributed by atoms with E-state index in [9.17, 15) is 9.59 Å². The highest BCUT2D eigenvalue weighted by Crippen LogP contribution is 2.21. The lowest BCUT2D eigenvalue weighted by Crippen LogP contribution is -2.39. The Morgan fingerprint density at radius 1 is 1.33 bits per heavy atom. The number of nitriles is 1. The fourth-order valence-electron chi connectivity index (χ4n) is 3.37. The van der Waals surface area contributed by atoms with Gasteiger partial charge in [-0.3, -0.25) is 9.48 Å². The number of halogens is 1. The van der Waals surface area contributed by atoms with Crippen LogP contribution in [0.1, 0.15) is 40.9 Å². The van der Waals surface area contributed by atoms with Crippen LogP contribution >= 0.6 is 11.6 Å². The fourth-order valence-corrected chi connectivity index (χ4v) is 3.63. The highest BCUT2D eigenvalue weighted by molar-refractivity contribution is 6.30. The third kappa shape index (κ3) is 5.94. The van der Waals surface area contributed by atoms with Crippen molar-refractivity contribution in [3.8, 4) is 6.07 Å². The minimum atomic E-state index is -0.372. The fraction of sp³-hybridized carbons (Fsp3) is 0.450. The summed E-state index contributed by atoms with van der Waals surface area (Å²) in [4.78, 5) is 26.0. The maximum atomic E-state index is 12.3. The number of likely N-dealkylation sites (tertiary alicyclic amines) is 1. The smallest absolute Gasteiger partial charge is 0.410 e. The molecule has 0 atom stereocenters.